The number of carboxylic acid groups (broad SMARTS) is 1. The van der Waals surface area contributed by atoms with Gasteiger partial charge in [-0.3, -0.25) is 9.59 Å². The minimum atomic E-state index is -1.03. The van der Waals surface area contributed by atoms with E-state index in [0.717, 1.165) is 0 Å². The summed E-state index contributed by atoms with van der Waals surface area (Å²) in [5.41, 5.74) is -0.553. The van der Waals surface area contributed by atoms with Crippen molar-refractivity contribution in [3.8, 4) is 0 Å². The highest BCUT2D eigenvalue weighted by atomic mass is 35.5. The van der Waals surface area contributed by atoms with Crippen LogP contribution in [-0.2, 0) is 9.53 Å². The Hall–Kier alpha value is -1.59. The van der Waals surface area contributed by atoms with E-state index in [2.05, 4.69) is 0 Å². The normalized spacial score (nSPS) is 22.1. The predicted octanol–water partition coefficient (Wildman–Crippen LogP) is 2.29. The molecule has 1 amide bonds. The summed E-state index contributed by atoms with van der Waals surface area (Å²) in [4.78, 5) is 25.7. The number of carbonyl (C=O) groups is 2. The second-order valence-electron chi connectivity index (χ2n) is 5.36. The second-order valence-corrected chi connectivity index (χ2v) is 5.80. The Morgan fingerprint density at radius 3 is 2.86 bits per heavy atom. The van der Waals surface area contributed by atoms with Crippen LogP contribution in [0, 0.1) is 5.41 Å². The van der Waals surface area contributed by atoms with E-state index in [1.165, 1.54) is 7.11 Å². The number of likely N-dealkylation sites (tertiary alicyclic amines) is 1. The topological polar surface area (TPSA) is 66.8 Å². The van der Waals surface area contributed by atoms with Crippen molar-refractivity contribution in [2.45, 2.75) is 12.8 Å². The highest BCUT2D eigenvalue weighted by Crippen LogP contribution is 2.31. The largest absolute Gasteiger partial charge is 0.481 e. The maximum atomic E-state index is 12.5. The number of hydrogen-bond acceptors (Lipinski definition) is 3. The van der Waals surface area contributed by atoms with E-state index in [0.29, 0.717) is 30.0 Å². The zero-order valence-corrected chi connectivity index (χ0v) is 12.6. The van der Waals surface area contributed by atoms with Gasteiger partial charge in [0.1, 0.15) is 5.41 Å². The molecule has 1 aromatic rings. The molecule has 0 spiro atoms. The maximum Gasteiger partial charge on any atom is 0.313 e. The molecular weight excluding hydrogens is 294 g/mol. The number of piperidine rings is 1. The van der Waals surface area contributed by atoms with Crippen molar-refractivity contribution in [3.05, 3.63) is 34.9 Å². The lowest BCUT2D eigenvalue weighted by Gasteiger charge is -2.39. The highest BCUT2D eigenvalue weighted by molar-refractivity contribution is 6.30. The van der Waals surface area contributed by atoms with Crippen LogP contribution in [0.15, 0.2) is 24.3 Å². The van der Waals surface area contributed by atoms with Gasteiger partial charge in [-0.1, -0.05) is 17.7 Å². The van der Waals surface area contributed by atoms with Crippen LogP contribution >= 0.6 is 11.6 Å². The molecule has 1 atom stereocenters. The van der Waals surface area contributed by atoms with Crippen LogP contribution in [-0.4, -0.2) is 48.7 Å². The molecule has 2 rings (SSSR count). The summed E-state index contributed by atoms with van der Waals surface area (Å²) in [6.07, 6.45) is 1.15. The quantitative estimate of drug-likeness (QED) is 0.926. The number of hydrogen-bond donors (Lipinski definition) is 1. The smallest absolute Gasteiger partial charge is 0.313 e. The van der Waals surface area contributed by atoms with Crippen LogP contribution in [0.1, 0.15) is 23.2 Å². The fourth-order valence-corrected chi connectivity index (χ4v) is 2.93. The third kappa shape index (κ3) is 3.36. The Labute approximate surface area is 128 Å². The van der Waals surface area contributed by atoms with Crippen molar-refractivity contribution in [1.82, 2.24) is 4.90 Å². The van der Waals surface area contributed by atoms with E-state index < -0.39 is 11.4 Å². The Morgan fingerprint density at radius 2 is 2.24 bits per heavy atom. The van der Waals surface area contributed by atoms with Gasteiger partial charge in [-0.15, -0.1) is 0 Å². The van der Waals surface area contributed by atoms with Crippen molar-refractivity contribution in [2.75, 3.05) is 26.8 Å². The maximum absolute atomic E-state index is 12.5. The first-order chi connectivity index (χ1) is 9.98. The Morgan fingerprint density at radius 1 is 1.48 bits per heavy atom. The minimum Gasteiger partial charge on any atom is -0.481 e. The number of benzene rings is 1. The summed E-state index contributed by atoms with van der Waals surface area (Å²) in [5, 5.41) is 9.98. The summed E-state index contributed by atoms with van der Waals surface area (Å²) >= 11 is 5.90. The number of nitrogens with zero attached hydrogens (tertiary/aromatic N) is 1. The van der Waals surface area contributed by atoms with Gasteiger partial charge in [-0.25, -0.2) is 0 Å². The zero-order chi connectivity index (χ0) is 15.5. The van der Waals surface area contributed by atoms with Gasteiger partial charge in [-0.2, -0.15) is 0 Å². The number of rotatable bonds is 4. The molecule has 1 N–H and O–H groups in total. The number of halogens is 1. The average molecular weight is 312 g/mol. The van der Waals surface area contributed by atoms with Crippen molar-refractivity contribution in [1.29, 1.82) is 0 Å². The molecule has 1 unspecified atom stereocenters. The third-order valence-corrected chi connectivity index (χ3v) is 4.05. The lowest BCUT2D eigenvalue weighted by atomic mass is 9.80. The number of carboxylic acids is 1. The van der Waals surface area contributed by atoms with Crippen molar-refractivity contribution in [2.24, 2.45) is 5.41 Å². The van der Waals surface area contributed by atoms with Gasteiger partial charge >= 0.3 is 5.97 Å². The van der Waals surface area contributed by atoms with E-state index in [-0.39, 0.29) is 19.1 Å². The molecule has 5 nitrogen and oxygen atoms in total. The summed E-state index contributed by atoms with van der Waals surface area (Å²) in [5.74, 6) is -1.12. The van der Waals surface area contributed by atoms with Crippen molar-refractivity contribution >= 4 is 23.5 Å². The molecule has 1 fully saturated rings. The number of amides is 1. The molecule has 0 radical (unpaired) electrons. The van der Waals surface area contributed by atoms with Gasteiger partial charge in [0.05, 0.1) is 6.61 Å². The van der Waals surface area contributed by atoms with Crippen LogP contribution in [0.2, 0.25) is 5.02 Å². The van der Waals surface area contributed by atoms with Gasteiger partial charge in [0.15, 0.2) is 0 Å². The van der Waals surface area contributed by atoms with Gasteiger partial charge in [0, 0.05) is 30.8 Å². The van der Waals surface area contributed by atoms with Crippen molar-refractivity contribution < 1.29 is 19.4 Å². The molecule has 0 aliphatic carbocycles. The van der Waals surface area contributed by atoms with E-state index in [9.17, 15) is 14.7 Å². The first kappa shape index (κ1) is 15.8. The fraction of sp³-hybridized carbons (Fsp3) is 0.467. The third-order valence-electron chi connectivity index (χ3n) is 3.81. The molecule has 1 aromatic carbocycles. The number of carbonyl (C=O) groups excluding carboxylic acids is 1. The van der Waals surface area contributed by atoms with E-state index in [4.69, 9.17) is 16.3 Å². The molecule has 0 bridgehead atoms. The van der Waals surface area contributed by atoms with Gasteiger partial charge in [-0.05, 0) is 31.0 Å². The monoisotopic (exact) mass is 311 g/mol. The second kappa shape index (κ2) is 6.45. The standard InChI is InChI=1S/C15H18ClNO4/c1-21-10-15(14(19)20)6-3-7-17(9-15)13(18)11-4-2-5-12(16)8-11/h2,4-5,8H,3,6-7,9-10H2,1H3,(H,19,20). The minimum absolute atomic E-state index is 0.0989. The van der Waals surface area contributed by atoms with E-state index in [1.807, 2.05) is 0 Å². The Bertz CT molecular complexity index is 544. The SMILES string of the molecule is COCC1(C(=O)O)CCCN(C(=O)c2cccc(Cl)c2)C1. The summed E-state index contributed by atoms with van der Waals surface area (Å²) in [6, 6.07) is 6.68. The first-order valence-electron chi connectivity index (χ1n) is 6.76. The van der Waals surface area contributed by atoms with E-state index in [1.54, 1.807) is 29.2 Å². The predicted molar refractivity (Wildman–Crippen MR) is 78.5 cm³/mol. The Kier molecular flexibility index (Phi) is 4.85. The summed E-state index contributed by atoms with van der Waals surface area (Å²) < 4.78 is 5.06. The zero-order valence-electron chi connectivity index (χ0n) is 11.8. The number of methoxy groups -OCH3 is 1. The van der Waals surface area contributed by atoms with Gasteiger partial charge in [0.2, 0.25) is 0 Å². The molecule has 114 valence electrons. The molecular formula is C15H18ClNO4. The summed E-state index contributed by atoms with van der Waals surface area (Å²) in [7, 11) is 1.47. The van der Waals surface area contributed by atoms with Crippen molar-refractivity contribution in [3.63, 3.8) is 0 Å². The molecule has 1 heterocycles. The van der Waals surface area contributed by atoms with E-state index >= 15 is 0 Å². The molecule has 6 heteroatoms. The fourth-order valence-electron chi connectivity index (χ4n) is 2.74. The van der Waals surface area contributed by atoms with Gasteiger partial charge in [0.25, 0.3) is 5.91 Å². The number of ether oxygens (including phenoxy) is 1. The Balaban J connectivity index is 2.20. The molecule has 1 aliphatic heterocycles. The molecule has 1 aliphatic rings. The molecule has 21 heavy (non-hydrogen) atoms. The first-order valence-corrected chi connectivity index (χ1v) is 7.13. The summed E-state index contributed by atoms with van der Waals surface area (Å²) in [6.45, 7) is 0.799. The van der Waals surface area contributed by atoms with Crippen LogP contribution in [0.4, 0.5) is 0 Å². The van der Waals surface area contributed by atoms with Crippen LogP contribution in [0.5, 0.6) is 0 Å². The molecule has 1 saturated heterocycles. The van der Waals surface area contributed by atoms with Crippen LogP contribution in [0.25, 0.3) is 0 Å². The highest BCUT2D eigenvalue weighted by Gasteiger charge is 2.43. The molecule has 0 saturated carbocycles. The lowest BCUT2D eigenvalue weighted by molar-refractivity contribution is -0.155. The number of aliphatic carboxylic acids is 1. The lowest BCUT2D eigenvalue weighted by Crippen LogP contribution is -2.52. The van der Waals surface area contributed by atoms with Crippen LogP contribution in [0.3, 0.4) is 0 Å². The molecule has 0 aromatic heterocycles. The van der Waals surface area contributed by atoms with Crippen LogP contribution < -0.4 is 0 Å². The van der Waals surface area contributed by atoms with Gasteiger partial charge < -0.3 is 14.7 Å². The average Bonchev–Trinajstić information content (AvgIpc) is 2.47.